The minimum atomic E-state index is -5.08. The van der Waals surface area contributed by atoms with Crippen LogP contribution in [0.25, 0.3) is 10.9 Å². The van der Waals surface area contributed by atoms with Crippen molar-refractivity contribution in [1.29, 1.82) is 0 Å². The number of piperidine rings is 1. The highest BCUT2D eigenvalue weighted by Gasteiger charge is 2.38. The molecule has 0 atom stereocenters. The van der Waals surface area contributed by atoms with Crippen LogP contribution < -0.4 is 0 Å². The average Bonchev–Trinajstić information content (AvgIpc) is 2.76. The van der Waals surface area contributed by atoms with Gasteiger partial charge in [0.15, 0.2) is 0 Å². The van der Waals surface area contributed by atoms with Crippen LogP contribution in [-0.4, -0.2) is 74.3 Å². The van der Waals surface area contributed by atoms with E-state index >= 15 is 0 Å². The van der Waals surface area contributed by atoms with E-state index in [1.165, 1.54) is 5.56 Å². The molecule has 0 radical (unpaired) electrons. The standard InChI is InChI=1S/C16H20N2O2.2C2HF3O2/c19-11-12-5-8-18(9-6-12)10-13-3-4-15(20)16-14(13)2-1-7-17-16;2*3-2(4,5)1(6)7/h1-4,7,12,19-20H,5-6,8-11H2;2*(H,6,7). The maximum absolute atomic E-state index is 10.6. The first-order valence-corrected chi connectivity index (χ1v) is 9.65. The number of phenolic OH excluding ortho intramolecular Hbond substituents is 1. The van der Waals surface area contributed by atoms with Crippen molar-refractivity contribution in [1.82, 2.24) is 9.88 Å². The van der Waals surface area contributed by atoms with Crippen LogP contribution in [0.2, 0.25) is 0 Å². The van der Waals surface area contributed by atoms with Gasteiger partial charge in [-0.1, -0.05) is 12.1 Å². The topological polar surface area (TPSA) is 131 Å². The summed E-state index contributed by atoms with van der Waals surface area (Å²) in [6.07, 6.45) is -6.34. The highest BCUT2D eigenvalue weighted by Crippen LogP contribution is 2.27. The van der Waals surface area contributed by atoms with Crippen molar-refractivity contribution in [2.45, 2.75) is 31.7 Å². The van der Waals surface area contributed by atoms with Gasteiger partial charge in [-0.25, -0.2) is 9.59 Å². The van der Waals surface area contributed by atoms with E-state index in [2.05, 4.69) is 9.88 Å². The van der Waals surface area contributed by atoms with Crippen LogP contribution in [0.3, 0.4) is 0 Å². The fraction of sp³-hybridized carbons (Fsp3) is 0.450. The minimum absolute atomic E-state index is 0.239. The molecule has 1 aromatic heterocycles. The summed E-state index contributed by atoms with van der Waals surface area (Å²) < 4.78 is 63.5. The van der Waals surface area contributed by atoms with Crippen molar-refractivity contribution < 1.29 is 56.4 Å². The van der Waals surface area contributed by atoms with Crippen molar-refractivity contribution >= 4 is 22.8 Å². The number of carboxylic acids is 2. The third-order valence-corrected chi connectivity index (χ3v) is 4.68. The third kappa shape index (κ3) is 9.39. The number of carbonyl (C=O) groups is 2. The second kappa shape index (κ2) is 12.4. The molecule has 2 aromatic rings. The number of aromatic nitrogens is 1. The van der Waals surface area contributed by atoms with Crippen LogP contribution in [0.5, 0.6) is 5.75 Å². The van der Waals surface area contributed by atoms with Gasteiger partial charge < -0.3 is 20.4 Å². The number of alkyl halides is 6. The Kier molecular flexibility index (Phi) is 10.5. The quantitative estimate of drug-likeness (QED) is 0.472. The van der Waals surface area contributed by atoms with Gasteiger partial charge in [0.1, 0.15) is 11.3 Å². The molecule has 190 valence electrons. The maximum atomic E-state index is 10.6. The second-order valence-corrected chi connectivity index (χ2v) is 7.15. The van der Waals surface area contributed by atoms with Crippen LogP contribution in [0.1, 0.15) is 18.4 Å². The normalized spacial score (nSPS) is 15.0. The van der Waals surface area contributed by atoms with Gasteiger partial charge in [-0.15, -0.1) is 0 Å². The Hall–Kier alpha value is -3.13. The summed E-state index contributed by atoms with van der Waals surface area (Å²) in [7, 11) is 0. The lowest BCUT2D eigenvalue weighted by molar-refractivity contribution is -0.193. The molecule has 0 bridgehead atoms. The fourth-order valence-corrected chi connectivity index (χ4v) is 2.92. The molecular formula is C20H22F6N2O6. The molecule has 0 spiro atoms. The first-order chi connectivity index (χ1) is 15.7. The molecule has 1 fully saturated rings. The summed E-state index contributed by atoms with van der Waals surface area (Å²) in [6.45, 7) is 3.22. The number of rotatable bonds is 3. The summed E-state index contributed by atoms with van der Waals surface area (Å²) in [4.78, 5) is 24.5. The molecule has 34 heavy (non-hydrogen) atoms. The number of aliphatic carboxylic acids is 2. The van der Waals surface area contributed by atoms with E-state index in [-0.39, 0.29) is 5.75 Å². The summed E-state index contributed by atoms with van der Waals surface area (Å²) >= 11 is 0. The number of halogens is 6. The molecule has 3 rings (SSSR count). The molecule has 1 aromatic carbocycles. The van der Waals surface area contributed by atoms with Crippen LogP contribution in [0.15, 0.2) is 30.5 Å². The number of hydrogen-bond donors (Lipinski definition) is 4. The molecule has 1 aliphatic rings. The van der Waals surface area contributed by atoms with Gasteiger partial charge in [0.05, 0.1) is 0 Å². The molecule has 2 heterocycles. The van der Waals surface area contributed by atoms with Gasteiger partial charge in [-0.3, -0.25) is 9.88 Å². The predicted octanol–water partition coefficient (Wildman–Crippen LogP) is 3.41. The van der Waals surface area contributed by atoms with Crippen LogP contribution in [0, 0.1) is 5.92 Å². The summed E-state index contributed by atoms with van der Waals surface area (Å²) in [5.41, 5.74) is 1.88. The number of aromatic hydroxyl groups is 1. The van der Waals surface area contributed by atoms with Crippen LogP contribution >= 0.6 is 0 Å². The summed E-state index contributed by atoms with van der Waals surface area (Å²) in [5, 5.41) is 34.3. The number of benzene rings is 1. The van der Waals surface area contributed by atoms with Gasteiger partial charge in [0.2, 0.25) is 0 Å². The Morgan fingerprint density at radius 3 is 1.91 bits per heavy atom. The molecule has 1 saturated heterocycles. The predicted molar refractivity (Wildman–Crippen MR) is 106 cm³/mol. The van der Waals surface area contributed by atoms with Crippen molar-refractivity contribution in [3.63, 3.8) is 0 Å². The lowest BCUT2D eigenvalue weighted by Gasteiger charge is -2.31. The molecule has 1 aliphatic heterocycles. The number of aliphatic hydroxyl groups is 1. The van der Waals surface area contributed by atoms with Gasteiger partial charge in [-0.2, -0.15) is 26.3 Å². The average molecular weight is 500 g/mol. The molecule has 4 N–H and O–H groups in total. The highest BCUT2D eigenvalue weighted by molar-refractivity contribution is 5.87. The highest BCUT2D eigenvalue weighted by atomic mass is 19.4. The summed E-state index contributed by atoms with van der Waals surface area (Å²) in [6, 6.07) is 7.63. The first-order valence-electron chi connectivity index (χ1n) is 9.65. The van der Waals surface area contributed by atoms with E-state index in [4.69, 9.17) is 19.8 Å². The number of pyridine rings is 1. The number of likely N-dealkylation sites (tertiary alicyclic amines) is 1. The molecule has 14 heteroatoms. The van der Waals surface area contributed by atoms with E-state index in [1.54, 1.807) is 12.3 Å². The molecule has 8 nitrogen and oxygen atoms in total. The van der Waals surface area contributed by atoms with Crippen LogP contribution in [0.4, 0.5) is 26.3 Å². The zero-order valence-electron chi connectivity index (χ0n) is 17.5. The Morgan fingerprint density at radius 2 is 1.47 bits per heavy atom. The molecule has 0 unspecified atom stereocenters. The number of phenols is 1. The van der Waals surface area contributed by atoms with Crippen molar-refractivity contribution in [3.05, 3.63) is 36.0 Å². The number of carboxylic acid groups (broad SMARTS) is 2. The van der Waals surface area contributed by atoms with Crippen molar-refractivity contribution in [2.75, 3.05) is 19.7 Å². The number of fused-ring (bicyclic) bond motifs is 1. The van der Waals surface area contributed by atoms with Gasteiger partial charge in [0.25, 0.3) is 0 Å². The Labute approximate surface area is 189 Å². The smallest absolute Gasteiger partial charge is 0.490 e. The van der Waals surface area contributed by atoms with Crippen molar-refractivity contribution in [2.24, 2.45) is 5.92 Å². The largest absolute Gasteiger partial charge is 0.506 e. The van der Waals surface area contributed by atoms with Crippen molar-refractivity contribution in [3.8, 4) is 5.75 Å². The molecule has 0 aliphatic carbocycles. The number of aliphatic hydroxyl groups excluding tert-OH is 1. The Morgan fingerprint density at radius 1 is 0.971 bits per heavy atom. The lowest BCUT2D eigenvalue weighted by Crippen LogP contribution is -2.34. The second-order valence-electron chi connectivity index (χ2n) is 7.15. The van der Waals surface area contributed by atoms with E-state index in [0.717, 1.165) is 37.9 Å². The van der Waals surface area contributed by atoms with Gasteiger partial charge >= 0.3 is 24.3 Å². The molecule has 0 amide bonds. The summed E-state index contributed by atoms with van der Waals surface area (Å²) in [5.74, 6) is -4.81. The molecular weight excluding hydrogens is 478 g/mol. The van der Waals surface area contributed by atoms with E-state index < -0.39 is 24.3 Å². The number of nitrogens with zero attached hydrogens (tertiary/aromatic N) is 2. The Balaban J connectivity index is 0.000000343. The fourth-order valence-electron chi connectivity index (χ4n) is 2.92. The zero-order chi connectivity index (χ0) is 26.1. The lowest BCUT2D eigenvalue weighted by atomic mass is 9.97. The van der Waals surface area contributed by atoms with E-state index in [1.807, 2.05) is 18.2 Å². The van der Waals surface area contributed by atoms with Crippen LogP contribution in [-0.2, 0) is 16.1 Å². The maximum Gasteiger partial charge on any atom is 0.490 e. The number of hydrogen-bond acceptors (Lipinski definition) is 6. The SMILES string of the molecule is O=C(O)C(F)(F)F.O=C(O)C(F)(F)F.OCC1CCN(Cc2ccc(O)c3ncccc23)CC1. The zero-order valence-corrected chi connectivity index (χ0v) is 17.5. The third-order valence-electron chi connectivity index (χ3n) is 4.68. The van der Waals surface area contributed by atoms with E-state index in [9.17, 15) is 36.6 Å². The van der Waals surface area contributed by atoms with Gasteiger partial charge in [-0.05, 0) is 49.5 Å². The monoisotopic (exact) mass is 500 g/mol. The van der Waals surface area contributed by atoms with E-state index in [0.29, 0.717) is 18.0 Å². The van der Waals surface area contributed by atoms with Gasteiger partial charge in [0, 0.05) is 24.7 Å². The Bertz CT molecular complexity index is 935. The first kappa shape index (κ1) is 28.9. The molecule has 0 saturated carbocycles. The minimum Gasteiger partial charge on any atom is -0.506 e.